The molecule has 0 unspecified atom stereocenters. The quantitative estimate of drug-likeness (QED) is 0.731. The number of carbonyl (C=O) groups excluding carboxylic acids is 2. The number of aromatic nitrogens is 2. The maximum Gasteiger partial charge on any atom is 0.229 e. The summed E-state index contributed by atoms with van der Waals surface area (Å²) in [7, 11) is 0. The van der Waals surface area contributed by atoms with Gasteiger partial charge in [0.25, 0.3) is 0 Å². The van der Waals surface area contributed by atoms with E-state index in [1.807, 2.05) is 0 Å². The van der Waals surface area contributed by atoms with Crippen LogP contribution in [0, 0.1) is 0 Å². The van der Waals surface area contributed by atoms with Crippen LogP contribution >= 0.6 is 0 Å². The van der Waals surface area contributed by atoms with Crippen molar-refractivity contribution in [2.75, 3.05) is 0 Å². The number of nitrogens with one attached hydrogen (secondary N) is 1. The Morgan fingerprint density at radius 2 is 1.93 bits per heavy atom. The maximum absolute atomic E-state index is 11.6. The molecule has 1 aromatic rings. The molecule has 1 aliphatic rings. The predicted octanol–water partition coefficient (Wildman–Crippen LogP) is 0.839. The minimum absolute atomic E-state index is 0.0768. The second kappa shape index (κ2) is 4.25. The zero-order chi connectivity index (χ0) is 10.7. The summed E-state index contributed by atoms with van der Waals surface area (Å²) in [5.74, 6) is -0.154. The molecular weight excluding hydrogens is 194 g/mol. The van der Waals surface area contributed by atoms with Gasteiger partial charge in [0, 0.05) is 19.0 Å². The smallest absolute Gasteiger partial charge is 0.229 e. The van der Waals surface area contributed by atoms with E-state index >= 15 is 0 Å². The van der Waals surface area contributed by atoms with Gasteiger partial charge in [-0.1, -0.05) is 0 Å². The van der Waals surface area contributed by atoms with Crippen molar-refractivity contribution >= 4 is 11.8 Å². The van der Waals surface area contributed by atoms with Crippen molar-refractivity contribution in [2.24, 2.45) is 0 Å². The van der Waals surface area contributed by atoms with Crippen molar-refractivity contribution in [2.45, 2.75) is 32.2 Å². The van der Waals surface area contributed by atoms with Crippen LogP contribution in [0.1, 0.15) is 31.4 Å². The highest BCUT2D eigenvalue weighted by molar-refractivity contribution is 5.95. The summed E-state index contributed by atoms with van der Waals surface area (Å²) in [6.45, 7) is 0.317. The standard InChI is InChI=1S/C10H13N3O2/c14-9-3-1-2-4-10(15)13(9)7-8-5-6-11-12-8/h5-6H,1-4,7H2,(H,11,12). The minimum Gasteiger partial charge on any atom is -0.281 e. The lowest BCUT2D eigenvalue weighted by Gasteiger charge is -2.17. The molecule has 0 aromatic carbocycles. The highest BCUT2D eigenvalue weighted by Gasteiger charge is 2.24. The van der Waals surface area contributed by atoms with E-state index in [4.69, 9.17) is 0 Å². The lowest BCUT2D eigenvalue weighted by Crippen LogP contribution is -2.34. The van der Waals surface area contributed by atoms with Crippen molar-refractivity contribution < 1.29 is 9.59 Å². The molecule has 0 saturated carbocycles. The van der Waals surface area contributed by atoms with Crippen molar-refractivity contribution in [3.05, 3.63) is 18.0 Å². The molecule has 1 aromatic heterocycles. The summed E-state index contributed by atoms with van der Waals surface area (Å²) in [6, 6.07) is 1.77. The zero-order valence-electron chi connectivity index (χ0n) is 8.40. The van der Waals surface area contributed by atoms with Gasteiger partial charge in [-0.3, -0.25) is 19.6 Å². The van der Waals surface area contributed by atoms with Gasteiger partial charge in [-0.05, 0) is 18.9 Å². The summed E-state index contributed by atoms with van der Waals surface area (Å²) in [5, 5.41) is 6.54. The van der Waals surface area contributed by atoms with Gasteiger partial charge in [-0.15, -0.1) is 0 Å². The van der Waals surface area contributed by atoms with E-state index < -0.39 is 0 Å². The number of aromatic amines is 1. The van der Waals surface area contributed by atoms with Gasteiger partial charge in [0.1, 0.15) is 0 Å². The second-order valence-corrected chi connectivity index (χ2v) is 3.66. The average Bonchev–Trinajstić information content (AvgIpc) is 2.67. The Balaban J connectivity index is 2.10. The first kappa shape index (κ1) is 9.89. The molecule has 1 aliphatic heterocycles. The fourth-order valence-electron chi connectivity index (χ4n) is 1.68. The first-order chi connectivity index (χ1) is 7.27. The topological polar surface area (TPSA) is 66.1 Å². The number of H-pyrrole nitrogens is 1. The first-order valence-corrected chi connectivity index (χ1v) is 5.09. The minimum atomic E-state index is -0.0768. The van der Waals surface area contributed by atoms with Crippen LogP contribution in [-0.2, 0) is 16.1 Å². The molecule has 80 valence electrons. The maximum atomic E-state index is 11.6. The number of hydrogen-bond donors (Lipinski definition) is 1. The molecule has 2 amide bonds. The van der Waals surface area contributed by atoms with E-state index in [1.165, 1.54) is 4.90 Å². The number of hydrogen-bond acceptors (Lipinski definition) is 3. The SMILES string of the molecule is O=C1CCCCC(=O)N1Cc1ccn[nH]1. The van der Waals surface area contributed by atoms with E-state index in [2.05, 4.69) is 10.2 Å². The van der Waals surface area contributed by atoms with Crippen LogP contribution in [0.2, 0.25) is 0 Å². The summed E-state index contributed by atoms with van der Waals surface area (Å²) < 4.78 is 0. The Morgan fingerprint density at radius 3 is 2.47 bits per heavy atom. The Bertz CT molecular complexity index is 341. The average molecular weight is 207 g/mol. The Labute approximate surface area is 87.5 Å². The molecule has 15 heavy (non-hydrogen) atoms. The largest absolute Gasteiger partial charge is 0.281 e. The number of likely N-dealkylation sites (tertiary alicyclic amines) is 1. The van der Waals surface area contributed by atoms with E-state index in [-0.39, 0.29) is 11.8 Å². The third-order valence-electron chi connectivity index (χ3n) is 2.52. The third-order valence-corrected chi connectivity index (χ3v) is 2.52. The second-order valence-electron chi connectivity index (χ2n) is 3.66. The molecular formula is C10H13N3O2. The van der Waals surface area contributed by atoms with Crippen LogP contribution in [0.4, 0.5) is 0 Å². The van der Waals surface area contributed by atoms with Gasteiger partial charge in [0.2, 0.25) is 11.8 Å². The lowest BCUT2D eigenvalue weighted by atomic mass is 10.2. The number of nitrogens with zero attached hydrogens (tertiary/aromatic N) is 2. The molecule has 0 atom stereocenters. The van der Waals surface area contributed by atoms with Crippen molar-refractivity contribution in [3.63, 3.8) is 0 Å². The third kappa shape index (κ3) is 2.23. The molecule has 1 N–H and O–H groups in total. The number of amides is 2. The van der Waals surface area contributed by atoms with Crippen LogP contribution in [0.3, 0.4) is 0 Å². The fourth-order valence-corrected chi connectivity index (χ4v) is 1.68. The molecule has 0 bridgehead atoms. The predicted molar refractivity (Wildman–Crippen MR) is 52.6 cm³/mol. The van der Waals surface area contributed by atoms with E-state index in [9.17, 15) is 9.59 Å². The van der Waals surface area contributed by atoms with Crippen molar-refractivity contribution in [1.82, 2.24) is 15.1 Å². The monoisotopic (exact) mass is 207 g/mol. The van der Waals surface area contributed by atoms with Gasteiger partial charge < -0.3 is 0 Å². The zero-order valence-corrected chi connectivity index (χ0v) is 8.40. The Hall–Kier alpha value is -1.65. The molecule has 2 rings (SSSR count). The highest BCUT2D eigenvalue weighted by Crippen LogP contribution is 2.14. The first-order valence-electron chi connectivity index (χ1n) is 5.09. The molecule has 1 fully saturated rings. The molecule has 1 saturated heterocycles. The normalized spacial score (nSPS) is 18.0. The number of rotatable bonds is 2. The fraction of sp³-hybridized carbons (Fsp3) is 0.500. The van der Waals surface area contributed by atoms with Crippen LogP contribution in [0.5, 0.6) is 0 Å². The molecule has 5 nitrogen and oxygen atoms in total. The number of imide groups is 1. The Kier molecular flexibility index (Phi) is 2.80. The highest BCUT2D eigenvalue weighted by atomic mass is 16.2. The summed E-state index contributed by atoms with van der Waals surface area (Å²) in [5.41, 5.74) is 0.790. The number of carbonyl (C=O) groups is 2. The molecule has 5 heteroatoms. The van der Waals surface area contributed by atoms with Crippen LogP contribution < -0.4 is 0 Å². The summed E-state index contributed by atoms with van der Waals surface area (Å²) in [4.78, 5) is 24.6. The van der Waals surface area contributed by atoms with Crippen LogP contribution in [0.15, 0.2) is 12.3 Å². The molecule has 2 heterocycles. The van der Waals surface area contributed by atoms with E-state index in [0.717, 1.165) is 18.5 Å². The van der Waals surface area contributed by atoms with Gasteiger partial charge in [0.05, 0.1) is 12.2 Å². The summed E-state index contributed by atoms with van der Waals surface area (Å²) in [6.07, 6.45) is 4.18. The lowest BCUT2D eigenvalue weighted by molar-refractivity contribution is -0.144. The Morgan fingerprint density at radius 1 is 1.27 bits per heavy atom. The van der Waals surface area contributed by atoms with E-state index in [1.54, 1.807) is 12.3 Å². The van der Waals surface area contributed by atoms with Crippen molar-refractivity contribution in [1.29, 1.82) is 0 Å². The molecule has 0 radical (unpaired) electrons. The van der Waals surface area contributed by atoms with Gasteiger partial charge in [-0.2, -0.15) is 5.10 Å². The van der Waals surface area contributed by atoms with E-state index in [0.29, 0.717) is 19.4 Å². The van der Waals surface area contributed by atoms with Gasteiger partial charge in [0.15, 0.2) is 0 Å². The molecule has 0 spiro atoms. The molecule has 0 aliphatic carbocycles. The van der Waals surface area contributed by atoms with Gasteiger partial charge in [-0.25, -0.2) is 0 Å². The van der Waals surface area contributed by atoms with Crippen LogP contribution in [0.25, 0.3) is 0 Å². The van der Waals surface area contributed by atoms with Crippen LogP contribution in [-0.4, -0.2) is 26.9 Å². The van der Waals surface area contributed by atoms with Crippen molar-refractivity contribution in [3.8, 4) is 0 Å². The van der Waals surface area contributed by atoms with Gasteiger partial charge >= 0.3 is 0 Å². The summed E-state index contributed by atoms with van der Waals surface area (Å²) >= 11 is 0.